The molecule has 2 amide bonds. The molecule has 42 heavy (non-hydrogen) atoms. The average molecular weight is 592 g/mol. The summed E-state index contributed by atoms with van der Waals surface area (Å²) in [5.74, 6) is -0.183. The number of benzene rings is 3. The first-order valence-corrected chi connectivity index (χ1v) is 15.9. The van der Waals surface area contributed by atoms with Gasteiger partial charge >= 0.3 is 0 Å². The Bertz CT molecular complexity index is 1470. The van der Waals surface area contributed by atoms with Gasteiger partial charge in [-0.05, 0) is 75.6 Å². The summed E-state index contributed by atoms with van der Waals surface area (Å²) >= 11 is 0. The number of aryl methyl sites for hydroxylation is 2. The van der Waals surface area contributed by atoms with Gasteiger partial charge in [-0.25, -0.2) is 8.42 Å². The topological polar surface area (TPSA) is 96.0 Å². The van der Waals surface area contributed by atoms with Crippen LogP contribution in [0.4, 0.5) is 5.69 Å². The Hall–Kier alpha value is -3.85. The van der Waals surface area contributed by atoms with Gasteiger partial charge < -0.3 is 15.0 Å². The molecule has 0 radical (unpaired) electrons. The van der Waals surface area contributed by atoms with E-state index >= 15 is 0 Å². The van der Waals surface area contributed by atoms with Crippen LogP contribution in [0.2, 0.25) is 0 Å². The first-order valence-electron chi connectivity index (χ1n) is 14.5. The van der Waals surface area contributed by atoms with Gasteiger partial charge in [-0.1, -0.05) is 66.8 Å². The van der Waals surface area contributed by atoms with Gasteiger partial charge in [0.2, 0.25) is 11.8 Å². The van der Waals surface area contributed by atoms with Gasteiger partial charge in [0, 0.05) is 12.6 Å². The molecule has 224 valence electrons. The van der Waals surface area contributed by atoms with Crippen molar-refractivity contribution in [3.63, 3.8) is 0 Å². The second-order valence-corrected chi connectivity index (χ2v) is 12.9. The number of sulfonamides is 1. The third-order valence-corrected chi connectivity index (χ3v) is 9.59. The molecular formula is C33H41N3O5S. The highest BCUT2D eigenvalue weighted by Gasteiger charge is 2.33. The number of carbonyl (C=O) groups is 2. The zero-order valence-electron chi connectivity index (χ0n) is 24.9. The molecule has 3 aromatic carbocycles. The third kappa shape index (κ3) is 7.70. The maximum absolute atomic E-state index is 14.1. The fraction of sp³-hybridized carbons (Fsp3) is 0.394. The van der Waals surface area contributed by atoms with Crippen molar-refractivity contribution in [3.05, 3.63) is 89.5 Å². The molecule has 1 N–H and O–H groups in total. The van der Waals surface area contributed by atoms with Gasteiger partial charge in [0.1, 0.15) is 18.3 Å². The first-order chi connectivity index (χ1) is 20.1. The zero-order valence-corrected chi connectivity index (χ0v) is 25.7. The molecular weight excluding hydrogens is 550 g/mol. The minimum absolute atomic E-state index is 0.0324. The Kier molecular flexibility index (Phi) is 10.3. The molecule has 0 aliphatic heterocycles. The molecule has 8 nitrogen and oxygen atoms in total. The van der Waals surface area contributed by atoms with E-state index in [1.54, 1.807) is 43.3 Å². The van der Waals surface area contributed by atoms with E-state index in [0.717, 1.165) is 53.1 Å². The van der Waals surface area contributed by atoms with Crippen LogP contribution in [0.5, 0.6) is 5.75 Å². The number of rotatable bonds is 11. The van der Waals surface area contributed by atoms with E-state index in [1.165, 1.54) is 24.1 Å². The SMILES string of the molecule is COc1ccc(S(=O)(=O)N(CC(=O)N(Cc2cccc(C)c2)C(C)C(=O)NC2CCCCC2)c2ccc(C)cc2)cc1. The van der Waals surface area contributed by atoms with Crippen LogP contribution in [0.1, 0.15) is 55.7 Å². The molecule has 9 heteroatoms. The normalized spacial score (nSPS) is 14.6. The monoisotopic (exact) mass is 591 g/mol. The standard InChI is InChI=1S/C33H41N3O5S/c1-24-13-15-29(16-14-24)36(42(39,40)31-19-17-30(41-4)18-20-31)23-32(37)35(22-27-10-8-9-25(2)21-27)26(3)33(38)34-28-11-6-5-7-12-28/h8-10,13-21,26,28H,5-7,11-12,22-23H2,1-4H3,(H,34,38). The Balaban J connectivity index is 1.67. The number of carbonyl (C=O) groups excluding carboxylic acids is 2. The van der Waals surface area contributed by atoms with Crippen molar-refractivity contribution >= 4 is 27.5 Å². The van der Waals surface area contributed by atoms with E-state index < -0.39 is 28.5 Å². The molecule has 0 spiro atoms. The maximum atomic E-state index is 14.1. The number of nitrogens with zero attached hydrogens (tertiary/aromatic N) is 2. The van der Waals surface area contributed by atoms with Gasteiger partial charge in [0.15, 0.2) is 0 Å². The fourth-order valence-electron chi connectivity index (χ4n) is 5.27. The van der Waals surface area contributed by atoms with Crippen molar-refractivity contribution in [1.82, 2.24) is 10.2 Å². The smallest absolute Gasteiger partial charge is 0.264 e. The Morgan fingerprint density at radius 3 is 2.21 bits per heavy atom. The minimum atomic E-state index is -4.14. The van der Waals surface area contributed by atoms with Crippen LogP contribution < -0.4 is 14.4 Å². The molecule has 0 bridgehead atoms. The summed E-state index contributed by atoms with van der Waals surface area (Å²) in [5, 5.41) is 3.13. The van der Waals surface area contributed by atoms with E-state index in [1.807, 2.05) is 38.1 Å². The highest BCUT2D eigenvalue weighted by atomic mass is 32.2. The average Bonchev–Trinajstić information content (AvgIpc) is 2.99. The quantitative estimate of drug-likeness (QED) is 0.323. The number of nitrogens with one attached hydrogen (secondary N) is 1. The highest BCUT2D eigenvalue weighted by Crippen LogP contribution is 2.26. The number of anilines is 1. The summed E-state index contributed by atoms with van der Waals surface area (Å²) in [6.45, 7) is 5.29. The van der Waals surface area contributed by atoms with Crippen molar-refractivity contribution < 1.29 is 22.7 Å². The summed E-state index contributed by atoms with van der Waals surface area (Å²) in [4.78, 5) is 29.1. The summed E-state index contributed by atoms with van der Waals surface area (Å²) in [6.07, 6.45) is 5.15. The van der Waals surface area contributed by atoms with Crippen LogP contribution in [0, 0.1) is 13.8 Å². The van der Waals surface area contributed by atoms with E-state index in [2.05, 4.69) is 5.32 Å². The van der Waals surface area contributed by atoms with Crippen LogP contribution in [-0.4, -0.2) is 50.9 Å². The molecule has 1 atom stereocenters. The lowest BCUT2D eigenvalue weighted by molar-refractivity contribution is -0.139. The molecule has 1 fully saturated rings. The van der Waals surface area contributed by atoms with E-state index in [9.17, 15) is 18.0 Å². The Morgan fingerprint density at radius 2 is 1.60 bits per heavy atom. The van der Waals surface area contributed by atoms with Crippen molar-refractivity contribution in [3.8, 4) is 5.75 Å². The van der Waals surface area contributed by atoms with E-state index in [-0.39, 0.29) is 23.4 Å². The van der Waals surface area contributed by atoms with E-state index in [4.69, 9.17) is 4.74 Å². The predicted octanol–water partition coefficient (Wildman–Crippen LogP) is 5.37. The van der Waals surface area contributed by atoms with Crippen molar-refractivity contribution in [2.75, 3.05) is 18.0 Å². The molecule has 3 aromatic rings. The zero-order chi connectivity index (χ0) is 30.3. The lowest BCUT2D eigenvalue weighted by atomic mass is 9.95. The largest absolute Gasteiger partial charge is 0.497 e. The molecule has 1 aliphatic rings. The molecule has 0 aromatic heterocycles. The summed E-state index contributed by atoms with van der Waals surface area (Å²) < 4.78 is 34.3. The molecule has 1 saturated carbocycles. The summed E-state index contributed by atoms with van der Waals surface area (Å²) in [7, 11) is -2.63. The van der Waals surface area contributed by atoms with Crippen LogP contribution in [0.25, 0.3) is 0 Å². The van der Waals surface area contributed by atoms with Gasteiger partial charge in [0.05, 0.1) is 17.7 Å². The van der Waals surface area contributed by atoms with Crippen molar-refractivity contribution in [2.24, 2.45) is 0 Å². The maximum Gasteiger partial charge on any atom is 0.264 e. The lowest BCUT2D eigenvalue weighted by Gasteiger charge is -2.33. The number of methoxy groups -OCH3 is 1. The first kappa shape index (κ1) is 31.1. The highest BCUT2D eigenvalue weighted by molar-refractivity contribution is 7.92. The Labute approximate surface area is 249 Å². The summed E-state index contributed by atoms with van der Waals surface area (Å²) in [5.41, 5.74) is 3.21. The second-order valence-electron chi connectivity index (χ2n) is 11.1. The van der Waals surface area contributed by atoms with Crippen LogP contribution >= 0.6 is 0 Å². The van der Waals surface area contributed by atoms with Crippen molar-refractivity contribution in [1.29, 1.82) is 0 Å². The lowest BCUT2D eigenvalue weighted by Crippen LogP contribution is -2.53. The van der Waals surface area contributed by atoms with Crippen LogP contribution in [0.3, 0.4) is 0 Å². The van der Waals surface area contributed by atoms with Gasteiger partial charge in [-0.2, -0.15) is 0 Å². The number of hydrogen-bond acceptors (Lipinski definition) is 5. The molecule has 1 aliphatic carbocycles. The van der Waals surface area contributed by atoms with Gasteiger partial charge in [-0.15, -0.1) is 0 Å². The third-order valence-electron chi connectivity index (χ3n) is 7.80. The van der Waals surface area contributed by atoms with Crippen molar-refractivity contribution in [2.45, 2.75) is 76.4 Å². The second kappa shape index (κ2) is 13.9. The predicted molar refractivity (Wildman–Crippen MR) is 165 cm³/mol. The molecule has 0 saturated heterocycles. The molecule has 1 unspecified atom stereocenters. The molecule has 0 heterocycles. The van der Waals surface area contributed by atoms with Gasteiger partial charge in [-0.3, -0.25) is 13.9 Å². The minimum Gasteiger partial charge on any atom is -0.497 e. The molecule has 4 rings (SSSR count). The number of ether oxygens (including phenoxy) is 1. The fourth-order valence-corrected chi connectivity index (χ4v) is 6.69. The van der Waals surface area contributed by atoms with E-state index in [0.29, 0.717) is 11.4 Å². The number of hydrogen-bond donors (Lipinski definition) is 1. The Morgan fingerprint density at radius 1 is 0.929 bits per heavy atom. The number of amides is 2. The van der Waals surface area contributed by atoms with Crippen LogP contribution in [-0.2, 0) is 26.2 Å². The summed E-state index contributed by atoms with van der Waals surface area (Å²) in [6, 6.07) is 20.1. The van der Waals surface area contributed by atoms with Crippen LogP contribution in [0.15, 0.2) is 77.7 Å². The van der Waals surface area contributed by atoms with Gasteiger partial charge in [0.25, 0.3) is 10.0 Å².